The number of ether oxygens (including phenoxy) is 1. The largest absolute Gasteiger partial charge is 0.508 e. The van der Waals surface area contributed by atoms with Gasteiger partial charge in [0.2, 0.25) is 5.16 Å². The van der Waals surface area contributed by atoms with E-state index >= 15 is 0 Å². The number of benzene rings is 2. The van der Waals surface area contributed by atoms with Crippen LogP contribution in [0.3, 0.4) is 0 Å². The van der Waals surface area contributed by atoms with Gasteiger partial charge >= 0.3 is 0 Å². The van der Waals surface area contributed by atoms with Crippen LogP contribution in [0.5, 0.6) is 11.5 Å². The first kappa shape index (κ1) is 18.3. The third-order valence-electron chi connectivity index (χ3n) is 3.98. The van der Waals surface area contributed by atoms with Gasteiger partial charge in [-0.3, -0.25) is 0 Å². The number of nitrogens with zero attached hydrogens (tertiary/aromatic N) is 4. The molecule has 2 aromatic carbocycles. The van der Waals surface area contributed by atoms with Crippen LogP contribution in [0, 0.1) is 6.92 Å². The van der Waals surface area contributed by atoms with Gasteiger partial charge in [-0.1, -0.05) is 31.7 Å². The first-order chi connectivity index (χ1) is 12.5. The van der Waals surface area contributed by atoms with Gasteiger partial charge in [0.1, 0.15) is 11.5 Å². The van der Waals surface area contributed by atoms with Gasteiger partial charge in [0.15, 0.2) is 0 Å². The van der Waals surface area contributed by atoms with Crippen molar-refractivity contribution in [1.82, 2.24) is 20.2 Å². The van der Waals surface area contributed by atoms with Crippen LogP contribution in [0.1, 0.15) is 30.9 Å². The smallest absolute Gasteiger partial charge is 0.214 e. The fraction of sp³-hybridized carbons (Fsp3) is 0.316. The maximum atomic E-state index is 9.39. The van der Waals surface area contributed by atoms with Crippen LogP contribution >= 0.6 is 11.8 Å². The van der Waals surface area contributed by atoms with Crippen LogP contribution < -0.4 is 4.74 Å². The number of hydrogen-bond acceptors (Lipinski definition) is 6. The highest BCUT2D eigenvalue weighted by Gasteiger charge is 2.09. The number of aryl methyl sites for hydroxylation is 1. The average molecular weight is 370 g/mol. The molecule has 1 heterocycles. The highest BCUT2D eigenvalue weighted by Crippen LogP contribution is 2.24. The van der Waals surface area contributed by atoms with E-state index in [0.717, 1.165) is 17.2 Å². The summed E-state index contributed by atoms with van der Waals surface area (Å²) in [6.07, 6.45) is 0. The topological polar surface area (TPSA) is 73.1 Å². The Morgan fingerprint density at radius 1 is 1.15 bits per heavy atom. The molecule has 0 unspecified atom stereocenters. The molecule has 0 spiro atoms. The molecule has 0 fully saturated rings. The van der Waals surface area contributed by atoms with Gasteiger partial charge in [-0.05, 0) is 70.8 Å². The van der Waals surface area contributed by atoms with Crippen LogP contribution in [0.15, 0.2) is 47.6 Å². The molecule has 0 aliphatic heterocycles. The van der Waals surface area contributed by atoms with Crippen molar-refractivity contribution in [3.63, 3.8) is 0 Å². The zero-order valence-corrected chi connectivity index (χ0v) is 15.9. The van der Waals surface area contributed by atoms with Crippen molar-refractivity contribution < 1.29 is 9.84 Å². The van der Waals surface area contributed by atoms with E-state index < -0.39 is 0 Å². The SMILES string of the molecule is Cc1cc(OCCSc2nnnn2-c2ccc(O)cc2)ccc1C(C)C. The van der Waals surface area contributed by atoms with Gasteiger partial charge in [-0.2, -0.15) is 4.68 Å². The second-order valence-electron chi connectivity index (χ2n) is 6.26. The average Bonchev–Trinajstić information content (AvgIpc) is 3.07. The number of thioether (sulfide) groups is 1. The first-order valence-electron chi connectivity index (χ1n) is 8.48. The third kappa shape index (κ3) is 4.35. The summed E-state index contributed by atoms with van der Waals surface area (Å²) in [5.41, 5.74) is 3.40. The van der Waals surface area contributed by atoms with Crippen molar-refractivity contribution >= 4 is 11.8 Å². The normalized spacial score (nSPS) is 11.1. The third-order valence-corrected chi connectivity index (χ3v) is 4.87. The predicted octanol–water partition coefficient (Wildman–Crippen LogP) is 3.97. The lowest BCUT2D eigenvalue weighted by Gasteiger charge is -2.12. The summed E-state index contributed by atoms with van der Waals surface area (Å²) < 4.78 is 7.49. The number of aromatic nitrogens is 4. The standard InChI is InChI=1S/C19H22N4O2S/c1-13(2)18-9-8-17(12-14(18)3)25-10-11-26-19-20-21-22-23(19)15-4-6-16(24)7-5-15/h4-9,12-13,24H,10-11H2,1-3H3. The summed E-state index contributed by atoms with van der Waals surface area (Å²) in [6.45, 7) is 7.06. The lowest BCUT2D eigenvalue weighted by atomic mass is 9.98. The van der Waals surface area contributed by atoms with E-state index in [9.17, 15) is 5.11 Å². The highest BCUT2D eigenvalue weighted by atomic mass is 32.2. The van der Waals surface area contributed by atoms with Gasteiger partial charge in [-0.15, -0.1) is 5.10 Å². The Hall–Kier alpha value is -2.54. The van der Waals surface area contributed by atoms with E-state index in [4.69, 9.17) is 4.74 Å². The molecule has 3 rings (SSSR count). The molecule has 1 N–H and O–H groups in total. The van der Waals surface area contributed by atoms with Crippen molar-refractivity contribution in [2.24, 2.45) is 0 Å². The monoisotopic (exact) mass is 370 g/mol. The van der Waals surface area contributed by atoms with E-state index in [1.165, 1.54) is 22.9 Å². The number of phenolic OH excluding ortho intramolecular Hbond substituents is 1. The van der Waals surface area contributed by atoms with Crippen LogP contribution in [-0.4, -0.2) is 37.7 Å². The lowest BCUT2D eigenvalue weighted by molar-refractivity contribution is 0.343. The summed E-state index contributed by atoms with van der Waals surface area (Å²) in [7, 11) is 0. The van der Waals surface area contributed by atoms with Crippen LogP contribution in [0.2, 0.25) is 0 Å². The molecule has 0 saturated carbocycles. The van der Waals surface area contributed by atoms with Gasteiger partial charge in [0, 0.05) is 5.75 Å². The zero-order chi connectivity index (χ0) is 18.5. The fourth-order valence-electron chi connectivity index (χ4n) is 2.70. The fourth-order valence-corrected chi connectivity index (χ4v) is 3.41. The van der Waals surface area contributed by atoms with E-state index in [-0.39, 0.29) is 5.75 Å². The molecule has 6 nitrogen and oxygen atoms in total. The van der Waals surface area contributed by atoms with Gasteiger partial charge in [-0.25, -0.2) is 0 Å². The molecule has 7 heteroatoms. The van der Waals surface area contributed by atoms with Crippen molar-refractivity contribution in [2.45, 2.75) is 31.8 Å². The number of phenols is 1. The van der Waals surface area contributed by atoms with Crippen LogP contribution in [-0.2, 0) is 0 Å². The Bertz CT molecular complexity index is 862. The maximum absolute atomic E-state index is 9.39. The summed E-state index contributed by atoms with van der Waals surface area (Å²) in [5, 5.41) is 21.9. The minimum absolute atomic E-state index is 0.211. The molecule has 0 saturated heterocycles. The number of tetrazole rings is 1. The molecule has 26 heavy (non-hydrogen) atoms. The van der Waals surface area contributed by atoms with Crippen molar-refractivity contribution in [1.29, 1.82) is 0 Å². The second kappa shape index (κ2) is 8.23. The predicted molar refractivity (Wildman–Crippen MR) is 102 cm³/mol. The van der Waals surface area contributed by atoms with Crippen LogP contribution in [0.25, 0.3) is 5.69 Å². The highest BCUT2D eigenvalue weighted by molar-refractivity contribution is 7.99. The van der Waals surface area contributed by atoms with E-state index in [0.29, 0.717) is 17.7 Å². The molecule has 0 atom stereocenters. The van der Waals surface area contributed by atoms with Crippen LogP contribution in [0.4, 0.5) is 0 Å². The molecule has 0 radical (unpaired) electrons. The Morgan fingerprint density at radius 3 is 2.62 bits per heavy atom. The molecule has 0 aliphatic carbocycles. The van der Waals surface area contributed by atoms with E-state index in [1.807, 2.05) is 6.07 Å². The number of aromatic hydroxyl groups is 1. The minimum atomic E-state index is 0.211. The Labute approximate surface area is 157 Å². The summed E-state index contributed by atoms with van der Waals surface area (Å²) in [6, 6.07) is 13.0. The molecular formula is C19H22N4O2S. The molecular weight excluding hydrogens is 348 g/mol. The Balaban J connectivity index is 1.56. The van der Waals surface area contributed by atoms with E-state index in [1.54, 1.807) is 28.9 Å². The molecule has 136 valence electrons. The summed E-state index contributed by atoms with van der Waals surface area (Å²) in [4.78, 5) is 0. The first-order valence-corrected chi connectivity index (χ1v) is 9.47. The number of rotatable bonds is 7. The lowest BCUT2D eigenvalue weighted by Crippen LogP contribution is -2.04. The quantitative estimate of drug-likeness (QED) is 0.501. The number of hydrogen-bond donors (Lipinski definition) is 1. The molecule has 1 aromatic heterocycles. The molecule has 0 amide bonds. The summed E-state index contributed by atoms with van der Waals surface area (Å²) >= 11 is 1.52. The minimum Gasteiger partial charge on any atom is -0.508 e. The molecule has 3 aromatic rings. The van der Waals surface area contributed by atoms with Crippen molar-refractivity contribution in [3.8, 4) is 17.2 Å². The van der Waals surface area contributed by atoms with Gasteiger partial charge < -0.3 is 9.84 Å². The molecule has 0 aliphatic rings. The van der Waals surface area contributed by atoms with Crippen molar-refractivity contribution in [2.75, 3.05) is 12.4 Å². The van der Waals surface area contributed by atoms with Gasteiger partial charge in [0.25, 0.3) is 0 Å². The summed E-state index contributed by atoms with van der Waals surface area (Å²) in [5.74, 6) is 2.33. The molecule has 0 bridgehead atoms. The Morgan fingerprint density at radius 2 is 1.92 bits per heavy atom. The maximum Gasteiger partial charge on any atom is 0.214 e. The van der Waals surface area contributed by atoms with E-state index in [2.05, 4.69) is 48.4 Å². The second-order valence-corrected chi connectivity index (χ2v) is 7.32. The van der Waals surface area contributed by atoms with Gasteiger partial charge in [0.05, 0.1) is 12.3 Å². The zero-order valence-electron chi connectivity index (χ0n) is 15.1. The van der Waals surface area contributed by atoms with Crippen molar-refractivity contribution in [3.05, 3.63) is 53.6 Å². The Kier molecular flexibility index (Phi) is 5.78.